The Bertz CT molecular complexity index is 461. The zero-order chi connectivity index (χ0) is 11.5. The van der Waals surface area contributed by atoms with E-state index in [4.69, 9.17) is 10.00 Å². The maximum absolute atomic E-state index is 11.5. The van der Waals surface area contributed by atoms with Gasteiger partial charge in [-0.3, -0.25) is 4.79 Å². The average Bonchev–Trinajstić information content (AvgIpc) is 3.12. The van der Waals surface area contributed by atoms with E-state index in [0.29, 0.717) is 11.3 Å². The minimum Gasteiger partial charge on any atom is -0.488 e. The number of hydrogen-bond acceptors (Lipinski definition) is 4. The van der Waals surface area contributed by atoms with Gasteiger partial charge in [0.25, 0.3) is 5.91 Å². The molecule has 0 saturated heterocycles. The van der Waals surface area contributed by atoms with Crippen molar-refractivity contribution in [1.29, 1.82) is 5.26 Å². The van der Waals surface area contributed by atoms with Gasteiger partial charge in [-0.2, -0.15) is 5.26 Å². The molecule has 1 aromatic rings. The lowest BCUT2D eigenvalue weighted by Gasteiger charge is -2.08. The zero-order valence-electron chi connectivity index (χ0n) is 8.86. The minimum atomic E-state index is -0.305. The molecule has 1 N–H and O–H groups in total. The van der Waals surface area contributed by atoms with Gasteiger partial charge in [-0.25, -0.2) is 4.98 Å². The molecule has 1 aliphatic carbocycles. The number of hydrogen-bond donors (Lipinski definition) is 1. The van der Waals surface area contributed by atoms with Crippen molar-refractivity contribution in [1.82, 2.24) is 10.3 Å². The second-order valence-corrected chi connectivity index (χ2v) is 3.58. The summed E-state index contributed by atoms with van der Waals surface area (Å²) in [6.07, 6.45) is 3.51. The summed E-state index contributed by atoms with van der Waals surface area (Å²) < 4.78 is 5.55. The molecule has 0 unspecified atom stereocenters. The van der Waals surface area contributed by atoms with Gasteiger partial charge in [0, 0.05) is 19.3 Å². The molecular weight excluding hydrogens is 206 g/mol. The average molecular weight is 217 g/mol. The number of carbonyl (C=O) groups excluding carboxylic acids is 1. The van der Waals surface area contributed by atoms with Gasteiger partial charge in [0.1, 0.15) is 6.07 Å². The molecular formula is C11H11N3O2. The predicted octanol–water partition coefficient (Wildman–Crippen LogP) is 0.854. The van der Waals surface area contributed by atoms with Crippen LogP contribution < -0.4 is 10.1 Å². The number of ether oxygens (including phenoxy) is 1. The number of nitrogens with one attached hydrogen (secondary N) is 1. The smallest absolute Gasteiger partial charge is 0.273 e. The first-order valence-corrected chi connectivity index (χ1v) is 5.03. The monoisotopic (exact) mass is 217 g/mol. The highest BCUT2D eigenvalue weighted by atomic mass is 16.5. The molecule has 82 valence electrons. The summed E-state index contributed by atoms with van der Waals surface area (Å²) in [6, 6.07) is 3.52. The van der Waals surface area contributed by atoms with Crippen molar-refractivity contribution < 1.29 is 9.53 Å². The fraction of sp³-hybridized carbons (Fsp3) is 0.364. The fourth-order valence-electron chi connectivity index (χ4n) is 1.25. The van der Waals surface area contributed by atoms with Crippen LogP contribution in [0.2, 0.25) is 0 Å². The summed E-state index contributed by atoms with van der Waals surface area (Å²) in [7, 11) is 1.53. The van der Waals surface area contributed by atoms with Crippen LogP contribution in [-0.2, 0) is 0 Å². The third-order valence-corrected chi connectivity index (χ3v) is 2.24. The summed E-state index contributed by atoms with van der Waals surface area (Å²) in [6.45, 7) is 0. The third-order valence-electron chi connectivity index (χ3n) is 2.24. The van der Waals surface area contributed by atoms with Crippen LogP contribution in [0.1, 0.15) is 28.9 Å². The number of aromatic nitrogens is 1. The number of rotatable bonds is 3. The van der Waals surface area contributed by atoms with Crippen molar-refractivity contribution in [3.8, 4) is 11.8 Å². The van der Waals surface area contributed by atoms with Crippen molar-refractivity contribution in [2.24, 2.45) is 0 Å². The van der Waals surface area contributed by atoms with Gasteiger partial charge in [0.05, 0.1) is 11.7 Å². The van der Waals surface area contributed by atoms with Crippen LogP contribution in [0.25, 0.3) is 0 Å². The van der Waals surface area contributed by atoms with Crippen molar-refractivity contribution in [3.63, 3.8) is 0 Å². The molecule has 0 bridgehead atoms. The number of carbonyl (C=O) groups is 1. The Labute approximate surface area is 93.1 Å². The number of pyridine rings is 1. The van der Waals surface area contributed by atoms with Crippen LogP contribution in [0.4, 0.5) is 0 Å². The lowest BCUT2D eigenvalue weighted by molar-refractivity contribution is 0.0953. The van der Waals surface area contributed by atoms with Crippen molar-refractivity contribution in [3.05, 3.63) is 23.5 Å². The molecule has 1 fully saturated rings. The predicted molar refractivity (Wildman–Crippen MR) is 56.0 cm³/mol. The molecule has 1 aromatic heterocycles. The lowest BCUT2D eigenvalue weighted by atomic mass is 10.2. The zero-order valence-corrected chi connectivity index (χ0v) is 8.86. The molecule has 0 spiro atoms. The van der Waals surface area contributed by atoms with Crippen LogP contribution in [0.5, 0.6) is 5.75 Å². The Morgan fingerprint density at radius 2 is 2.44 bits per heavy atom. The standard InChI is InChI=1S/C11H11N3O2/c1-13-11(15)10-9(16-8-2-3-8)4-7(5-12)6-14-10/h4,6,8H,2-3H2,1H3,(H,13,15). The van der Waals surface area contributed by atoms with Crippen LogP contribution in [0.3, 0.4) is 0 Å². The maximum Gasteiger partial charge on any atom is 0.273 e. The Kier molecular flexibility index (Phi) is 2.73. The molecule has 1 aliphatic rings. The fourth-order valence-corrected chi connectivity index (χ4v) is 1.25. The van der Waals surface area contributed by atoms with E-state index in [-0.39, 0.29) is 17.7 Å². The topological polar surface area (TPSA) is 75.0 Å². The van der Waals surface area contributed by atoms with E-state index in [1.807, 2.05) is 6.07 Å². The number of nitrogens with zero attached hydrogens (tertiary/aromatic N) is 2. The lowest BCUT2D eigenvalue weighted by Crippen LogP contribution is -2.20. The molecule has 0 atom stereocenters. The largest absolute Gasteiger partial charge is 0.488 e. The maximum atomic E-state index is 11.5. The van der Waals surface area contributed by atoms with Crippen molar-refractivity contribution in [2.45, 2.75) is 18.9 Å². The number of nitriles is 1. The quantitative estimate of drug-likeness (QED) is 0.814. The molecule has 0 aliphatic heterocycles. The summed E-state index contributed by atoms with van der Waals surface area (Å²) in [5.41, 5.74) is 0.622. The minimum absolute atomic E-state index is 0.166. The van der Waals surface area contributed by atoms with Gasteiger partial charge in [0.15, 0.2) is 11.4 Å². The van der Waals surface area contributed by atoms with Gasteiger partial charge >= 0.3 is 0 Å². The van der Waals surface area contributed by atoms with Crippen LogP contribution >= 0.6 is 0 Å². The molecule has 16 heavy (non-hydrogen) atoms. The Morgan fingerprint density at radius 3 is 3.00 bits per heavy atom. The highest BCUT2D eigenvalue weighted by Crippen LogP contribution is 2.28. The van der Waals surface area contributed by atoms with Gasteiger partial charge in [-0.15, -0.1) is 0 Å². The van der Waals surface area contributed by atoms with Crippen molar-refractivity contribution in [2.75, 3.05) is 7.05 Å². The molecule has 1 saturated carbocycles. The SMILES string of the molecule is CNC(=O)c1ncc(C#N)cc1OC1CC1. The summed E-state index contributed by atoms with van der Waals surface area (Å²) in [5.74, 6) is 0.0843. The van der Waals surface area contributed by atoms with E-state index in [2.05, 4.69) is 10.3 Å². The van der Waals surface area contributed by atoms with Crippen LogP contribution in [0.15, 0.2) is 12.3 Å². The molecule has 1 heterocycles. The molecule has 5 nitrogen and oxygen atoms in total. The van der Waals surface area contributed by atoms with Crippen molar-refractivity contribution >= 4 is 5.91 Å². The van der Waals surface area contributed by atoms with E-state index in [1.54, 1.807) is 6.07 Å². The second-order valence-electron chi connectivity index (χ2n) is 3.58. The first-order valence-electron chi connectivity index (χ1n) is 5.03. The Balaban J connectivity index is 2.34. The third kappa shape index (κ3) is 2.11. The molecule has 0 aromatic carbocycles. The molecule has 1 amide bonds. The van der Waals surface area contributed by atoms with Gasteiger partial charge < -0.3 is 10.1 Å². The second kappa shape index (κ2) is 4.19. The van der Waals surface area contributed by atoms with Gasteiger partial charge in [-0.1, -0.05) is 0 Å². The normalized spacial score (nSPS) is 14.0. The van der Waals surface area contributed by atoms with E-state index < -0.39 is 0 Å². The molecule has 5 heteroatoms. The Hall–Kier alpha value is -2.09. The van der Waals surface area contributed by atoms with Gasteiger partial charge in [-0.05, 0) is 12.8 Å². The highest BCUT2D eigenvalue weighted by Gasteiger charge is 2.26. The van der Waals surface area contributed by atoms with E-state index in [9.17, 15) is 4.79 Å². The Morgan fingerprint density at radius 1 is 1.69 bits per heavy atom. The summed E-state index contributed by atoms with van der Waals surface area (Å²) >= 11 is 0. The van der Waals surface area contributed by atoms with Crippen LogP contribution in [0, 0.1) is 11.3 Å². The summed E-state index contributed by atoms with van der Waals surface area (Å²) in [5, 5.41) is 11.2. The molecule has 2 rings (SSSR count). The highest BCUT2D eigenvalue weighted by molar-refractivity contribution is 5.94. The first-order chi connectivity index (χ1) is 7.74. The van der Waals surface area contributed by atoms with E-state index >= 15 is 0 Å². The molecule has 0 radical (unpaired) electrons. The van der Waals surface area contributed by atoms with E-state index in [0.717, 1.165) is 12.8 Å². The number of amides is 1. The van der Waals surface area contributed by atoms with Gasteiger partial charge in [0.2, 0.25) is 0 Å². The van der Waals surface area contributed by atoms with E-state index in [1.165, 1.54) is 13.2 Å². The first kappa shape index (κ1) is 10.4. The summed E-state index contributed by atoms with van der Waals surface area (Å²) in [4.78, 5) is 15.4. The van der Waals surface area contributed by atoms with Crippen LogP contribution in [-0.4, -0.2) is 24.0 Å².